The number of nitrogens with one attached hydrogen (secondary N) is 2. The number of hydrogen-bond donors (Lipinski definition) is 3. The van der Waals surface area contributed by atoms with Gasteiger partial charge in [0.15, 0.2) is 0 Å². The number of anilines is 1. The Hall–Kier alpha value is -2.38. The van der Waals surface area contributed by atoms with E-state index in [0.29, 0.717) is 11.6 Å². The van der Waals surface area contributed by atoms with Crippen LogP contribution in [0.25, 0.3) is 0 Å². The minimum atomic E-state index is -0.224. The number of carbonyl (C=O) groups excluding carboxylic acids is 1. The molecule has 1 atom stereocenters. The second-order valence-corrected chi connectivity index (χ2v) is 3.60. The van der Waals surface area contributed by atoms with E-state index in [1.54, 1.807) is 12.3 Å². The number of rotatable bonds is 4. The number of nitrogens with two attached hydrogens (primary N) is 1. The predicted molar refractivity (Wildman–Crippen MR) is 59.6 cm³/mol. The molecule has 4 N–H and O–H groups in total. The van der Waals surface area contributed by atoms with Gasteiger partial charge in [-0.2, -0.15) is 10.2 Å². The number of carbonyl (C=O) groups is 1. The third-order valence-electron chi connectivity index (χ3n) is 2.19. The maximum absolute atomic E-state index is 11.7. The van der Waals surface area contributed by atoms with Gasteiger partial charge in [-0.25, -0.2) is 4.98 Å². The van der Waals surface area contributed by atoms with E-state index in [1.165, 1.54) is 11.0 Å². The first-order valence-corrected chi connectivity index (χ1v) is 5.08. The topological polar surface area (TPSA) is 115 Å². The molecular weight excluding hydrogens is 222 g/mol. The Bertz CT molecular complexity index is 489. The Morgan fingerprint density at radius 2 is 2.53 bits per heavy atom. The molecule has 8 heteroatoms. The lowest BCUT2D eigenvalue weighted by Gasteiger charge is -2.10. The van der Waals surface area contributed by atoms with Crippen molar-refractivity contribution < 1.29 is 4.79 Å². The van der Waals surface area contributed by atoms with E-state index in [-0.39, 0.29) is 18.5 Å². The number of nitrogens with zero attached hydrogens (tertiary/aromatic N) is 4. The number of hydrogen-bond acceptors (Lipinski definition) is 5. The fourth-order valence-corrected chi connectivity index (χ4v) is 1.39. The molecule has 1 unspecified atom stereocenters. The molecule has 0 radical (unpaired) electrons. The molecule has 8 nitrogen and oxygen atoms in total. The van der Waals surface area contributed by atoms with E-state index in [1.807, 2.05) is 6.92 Å². The second-order valence-electron chi connectivity index (χ2n) is 3.60. The molecule has 0 aliphatic carbocycles. The molecule has 2 aromatic heterocycles. The standard InChI is InChI=1S/C9H13N7O/c1-6(9-11-5-12-14-9)13-8(17)4-16-3-2-7(10)15-16/h2-3,5-6H,4H2,1H3,(H2,10,15)(H,13,17)(H,11,12,14). The van der Waals surface area contributed by atoms with Gasteiger partial charge in [0.25, 0.3) is 0 Å². The molecule has 2 aromatic rings. The lowest BCUT2D eigenvalue weighted by molar-refractivity contribution is -0.122. The third-order valence-corrected chi connectivity index (χ3v) is 2.19. The maximum Gasteiger partial charge on any atom is 0.242 e. The minimum absolute atomic E-state index is 0.121. The average Bonchev–Trinajstić information content (AvgIpc) is 2.89. The van der Waals surface area contributed by atoms with Gasteiger partial charge in [0.05, 0.1) is 6.04 Å². The van der Waals surface area contributed by atoms with Gasteiger partial charge in [-0.1, -0.05) is 0 Å². The summed E-state index contributed by atoms with van der Waals surface area (Å²) in [4.78, 5) is 15.6. The summed E-state index contributed by atoms with van der Waals surface area (Å²) in [6.45, 7) is 1.94. The van der Waals surface area contributed by atoms with Crippen LogP contribution < -0.4 is 11.1 Å². The first-order valence-electron chi connectivity index (χ1n) is 5.08. The summed E-state index contributed by atoms with van der Waals surface area (Å²) in [6, 6.07) is 1.41. The van der Waals surface area contributed by atoms with Crippen LogP contribution in [0, 0.1) is 0 Å². The van der Waals surface area contributed by atoms with Crippen molar-refractivity contribution in [3.05, 3.63) is 24.4 Å². The van der Waals surface area contributed by atoms with Crippen molar-refractivity contribution >= 4 is 11.7 Å². The largest absolute Gasteiger partial charge is 0.382 e. The number of aromatic amines is 1. The quantitative estimate of drug-likeness (QED) is 0.658. The summed E-state index contributed by atoms with van der Waals surface area (Å²) < 4.78 is 1.47. The van der Waals surface area contributed by atoms with Crippen LogP contribution in [0.3, 0.4) is 0 Å². The number of amides is 1. The lowest BCUT2D eigenvalue weighted by atomic mass is 10.3. The van der Waals surface area contributed by atoms with Gasteiger partial charge < -0.3 is 11.1 Å². The average molecular weight is 235 g/mol. The Balaban J connectivity index is 1.89. The van der Waals surface area contributed by atoms with E-state index >= 15 is 0 Å². The van der Waals surface area contributed by atoms with Crippen molar-refractivity contribution in [3.8, 4) is 0 Å². The second kappa shape index (κ2) is 4.64. The van der Waals surface area contributed by atoms with Gasteiger partial charge >= 0.3 is 0 Å². The Kier molecular flexibility index (Phi) is 3.03. The molecule has 0 aliphatic rings. The molecule has 17 heavy (non-hydrogen) atoms. The fraction of sp³-hybridized carbons (Fsp3) is 0.333. The third kappa shape index (κ3) is 2.80. The van der Waals surface area contributed by atoms with Crippen molar-refractivity contribution in [2.75, 3.05) is 5.73 Å². The summed E-state index contributed by atoms with van der Waals surface area (Å²) >= 11 is 0. The van der Waals surface area contributed by atoms with Gasteiger partial charge in [-0.3, -0.25) is 14.6 Å². The highest BCUT2D eigenvalue weighted by Gasteiger charge is 2.12. The highest BCUT2D eigenvalue weighted by molar-refractivity contribution is 5.76. The van der Waals surface area contributed by atoms with Crippen LogP contribution in [-0.2, 0) is 11.3 Å². The summed E-state index contributed by atoms with van der Waals surface area (Å²) in [5.41, 5.74) is 5.45. The van der Waals surface area contributed by atoms with E-state index in [4.69, 9.17) is 5.73 Å². The van der Waals surface area contributed by atoms with Crippen LogP contribution in [0.2, 0.25) is 0 Å². The zero-order valence-electron chi connectivity index (χ0n) is 9.29. The molecule has 1 amide bonds. The Labute approximate surface area is 97.2 Å². The predicted octanol–water partition coefficient (Wildman–Crippen LogP) is -0.539. The first-order chi connectivity index (χ1) is 8.15. The van der Waals surface area contributed by atoms with E-state index in [0.717, 1.165) is 0 Å². The molecule has 0 bridgehead atoms. The van der Waals surface area contributed by atoms with Crippen LogP contribution in [0.4, 0.5) is 5.82 Å². The molecular formula is C9H13N7O. The number of H-pyrrole nitrogens is 1. The van der Waals surface area contributed by atoms with E-state index < -0.39 is 0 Å². The van der Waals surface area contributed by atoms with E-state index in [2.05, 4.69) is 25.6 Å². The zero-order chi connectivity index (χ0) is 12.3. The Morgan fingerprint density at radius 1 is 1.71 bits per heavy atom. The first kappa shape index (κ1) is 11.1. The molecule has 0 saturated carbocycles. The monoisotopic (exact) mass is 235 g/mol. The molecule has 0 saturated heterocycles. The fourth-order valence-electron chi connectivity index (χ4n) is 1.39. The zero-order valence-corrected chi connectivity index (χ0v) is 9.29. The van der Waals surface area contributed by atoms with Crippen molar-refractivity contribution in [3.63, 3.8) is 0 Å². The van der Waals surface area contributed by atoms with Crippen molar-refractivity contribution in [2.24, 2.45) is 0 Å². The van der Waals surface area contributed by atoms with Crippen molar-refractivity contribution in [1.82, 2.24) is 30.3 Å². The number of aromatic nitrogens is 5. The summed E-state index contributed by atoms with van der Waals surface area (Å²) in [6.07, 6.45) is 3.04. The van der Waals surface area contributed by atoms with Gasteiger partial charge in [0.2, 0.25) is 5.91 Å². The normalized spacial score (nSPS) is 12.3. The van der Waals surface area contributed by atoms with E-state index in [9.17, 15) is 4.79 Å². The molecule has 0 aliphatic heterocycles. The molecule has 2 heterocycles. The summed E-state index contributed by atoms with van der Waals surface area (Å²) in [5.74, 6) is 0.830. The smallest absolute Gasteiger partial charge is 0.242 e. The summed E-state index contributed by atoms with van der Waals surface area (Å²) in [7, 11) is 0. The van der Waals surface area contributed by atoms with Crippen LogP contribution in [0.1, 0.15) is 18.8 Å². The number of nitrogen functional groups attached to an aromatic ring is 1. The molecule has 0 fully saturated rings. The van der Waals surface area contributed by atoms with Crippen molar-refractivity contribution in [2.45, 2.75) is 19.5 Å². The molecule has 0 aromatic carbocycles. The molecule has 90 valence electrons. The van der Waals surface area contributed by atoms with Crippen LogP contribution in [0.5, 0.6) is 0 Å². The van der Waals surface area contributed by atoms with Gasteiger partial charge in [0.1, 0.15) is 24.5 Å². The minimum Gasteiger partial charge on any atom is -0.382 e. The van der Waals surface area contributed by atoms with Crippen LogP contribution in [0.15, 0.2) is 18.6 Å². The van der Waals surface area contributed by atoms with Crippen LogP contribution >= 0.6 is 0 Å². The highest BCUT2D eigenvalue weighted by atomic mass is 16.2. The van der Waals surface area contributed by atoms with Gasteiger partial charge in [0, 0.05) is 6.20 Å². The van der Waals surface area contributed by atoms with Crippen LogP contribution in [-0.4, -0.2) is 30.9 Å². The van der Waals surface area contributed by atoms with Gasteiger partial charge in [-0.15, -0.1) is 0 Å². The van der Waals surface area contributed by atoms with Gasteiger partial charge in [-0.05, 0) is 13.0 Å². The SMILES string of the molecule is CC(NC(=O)Cn1ccc(N)n1)c1ncn[nH]1. The highest BCUT2D eigenvalue weighted by Crippen LogP contribution is 2.04. The molecule has 0 spiro atoms. The lowest BCUT2D eigenvalue weighted by Crippen LogP contribution is -2.30. The molecule has 2 rings (SSSR count). The maximum atomic E-state index is 11.7. The summed E-state index contributed by atoms with van der Waals surface area (Å²) in [5, 5.41) is 13.1. The van der Waals surface area contributed by atoms with Crippen molar-refractivity contribution in [1.29, 1.82) is 0 Å². The Morgan fingerprint density at radius 3 is 3.12 bits per heavy atom.